The molecular formula is C24H25NO2S. The fraction of sp³-hybridized carbons (Fsp3) is 0.375. The van der Waals surface area contributed by atoms with Gasteiger partial charge in [0.15, 0.2) is 0 Å². The summed E-state index contributed by atoms with van der Waals surface area (Å²) in [5.41, 5.74) is 3.67. The molecule has 5 rings (SSSR count). The van der Waals surface area contributed by atoms with Gasteiger partial charge in [0, 0.05) is 17.2 Å². The largest absolute Gasteiger partial charge is 0.488 e. The highest BCUT2D eigenvalue weighted by atomic mass is 32.2. The third-order valence-corrected chi connectivity index (χ3v) is 7.09. The summed E-state index contributed by atoms with van der Waals surface area (Å²) in [7, 11) is 0. The number of nitrogens with one attached hydrogen (secondary N) is 1. The van der Waals surface area contributed by atoms with Crippen LogP contribution in [0.2, 0.25) is 0 Å². The van der Waals surface area contributed by atoms with Gasteiger partial charge >= 0.3 is 0 Å². The average molecular weight is 392 g/mol. The van der Waals surface area contributed by atoms with E-state index in [1.165, 1.54) is 21.6 Å². The van der Waals surface area contributed by atoms with Crippen LogP contribution in [-0.2, 0) is 11.2 Å². The predicted molar refractivity (Wildman–Crippen MR) is 114 cm³/mol. The van der Waals surface area contributed by atoms with E-state index in [0.29, 0.717) is 18.4 Å². The van der Waals surface area contributed by atoms with Gasteiger partial charge in [0.05, 0.1) is 6.54 Å². The van der Waals surface area contributed by atoms with E-state index in [4.69, 9.17) is 4.74 Å². The van der Waals surface area contributed by atoms with E-state index in [9.17, 15) is 4.79 Å². The summed E-state index contributed by atoms with van der Waals surface area (Å²) in [6.07, 6.45) is 9.65. The normalized spacial score (nSPS) is 26.9. The van der Waals surface area contributed by atoms with Crippen molar-refractivity contribution in [1.29, 1.82) is 0 Å². The van der Waals surface area contributed by atoms with Crippen LogP contribution in [-0.4, -0.2) is 24.8 Å². The van der Waals surface area contributed by atoms with Crippen molar-refractivity contribution in [1.82, 2.24) is 5.32 Å². The number of carbonyl (C=O) groups excluding carboxylic acids is 1. The number of fused-ring (bicyclic) bond motifs is 3. The Hall–Kier alpha value is -2.20. The lowest BCUT2D eigenvalue weighted by molar-refractivity contribution is -0.126. The van der Waals surface area contributed by atoms with Crippen molar-refractivity contribution < 1.29 is 9.53 Å². The SMILES string of the molecule is CSc1ccc(-c2ccc3c(c2)CC(CNC(=O)[C@H]2C[C@@H]4C=C[C@H]2C4)O3)cc1. The monoisotopic (exact) mass is 391 g/mol. The maximum absolute atomic E-state index is 12.6. The van der Waals surface area contributed by atoms with Crippen molar-refractivity contribution in [2.75, 3.05) is 12.8 Å². The number of hydrogen-bond donors (Lipinski definition) is 1. The van der Waals surface area contributed by atoms with Crippen LogP contribution in [0.15, 0.2) is 59.5 Å². The van der Waals surface area contributed by atoms with Crippen molar-refractivity contribution in [3.8, 4) is 16.9 Å². The highest BCUT2D eigenvalue weighted by Crippen LogP contribution is 2.43. The molecule has 1 saturated carbocycles. The van der Waals surface area contributed by atoms with Gasteiger partial charge in [0.1, 0.15) is 11.9 Å². The van der Waals surface area contributed by atoms with Crippen LogP contribution < -0.4 is 10.1 Å². The smallest absolute Gasteiger partial charge is 0.223 e. The summed E-state index contributed by atoms with van der Waals surface area (Å²) < 4.78 is 6.08. The van der Waals surface area contributed by atoms with Crippen LogP contribution in [0.5, 0.6) is 5.75 Å². The fourth-order valence-corrected chi connectivity index (χ4v) is 5.23. The molecule has 2 aliphatic carbocycles. The van der Waals surface area contributed by atoms with Gasteiger partial charge in [-0.1, -0.05) is 30.4 Å². The molecule has 1 aliphatic heterocycles. The third kappa shape index (κ3) is 3.35. The Balaban J connectivity index is 1.21. The van der Waals surface area contributed by atoms with Gasteiger partial charge in [-0.3, -0.25) is 4.79 Å². The van der Waals surface area contributed by atoms with Gasteiger partial charge in [0.2, 0.25) is 5.91 Å². The molecule has 4 atom stereocenters. The maximum atomic E-state index is 12.6. The average Bonchev–Trinajstić information content (AvgIpc) is 3.46. The molecule has 0 spiro atoms. The minimum Gasteiger partial charge on any atom is -0.488 e. The lowest BCUT2D eigenvalue weighted by atomic mass is 9.93. The number of hydrogen-bond acceptors (Lipinski definition) is 3. The summed E-state index contributed by atoms with van der Waals surface area (Å²) in [5, 5.41) is 3.15. The van der Waals surface area contributed by atoms with Crippen molar-refractivity contribution in [3.63, 3.8) is 0 Å². The maximum Gasteiger partial charge on any atom is 0.223 e. The van der Waals surface area contributed by atoms with E-state index in [0.717, 1.165) is 25.0 Å². The zero-order valence-electron chi connectivity index (χ0n) is 16.1. The fourth-order valence-electron chi connectivity index (χ4n) is 4.83. The molecule has 2 aromatic carbocycles. The van der Waals surface area contributed by atoms with Crippen LogP contribution in [0.4, 0.5) is 0 Å². The van der Waals surface area contributed by atoms with Crippen LogP contribution in [0.3, 0.4) is 0 Å². The molecule has 2 bridgehead atoms. The number of thioether (sulfide) groups is 1. The molecule has 3 nitrogen and oxygen atoms in total. The van der Waals surface area contributed by atoms with E-state index in [-0.39, 0.29) is 17.9 Å². The van der Waals surface area contributed by atoms with Gasteiger partial charge < -0.3 is 10.1 Å². The third-order valence-electron chi connectivity index (χ3n) is 6.34. The summed E-state index contributed by atoms with van der Waals surface area (Å²) >= 11 is 1.76. The molecule has 2 aromatic rings. The molecule has 0 saturated heterocycles. The lowest BCUT2D eigenvalue weighted by Crippen LogP contribution is -2.39. The van der Waals surface area contributed by atoms with E-state index in [2.05, 4.69) is 66.2 Å². The first-order valence-corrected chi connectivity index (χ1v) is 11.3. The van der Waals surface area contributed by atoms with Gasteiger partial charge in [-0.15, -0.1) is 11.8 Å². The first-order chi connectivity index (χ1) is 13.7. The van der Waals surface area contributed by atoms with Crippen molar-refractivity contribution in [2.45, 2.75) is 30.3 Å². The van der Waals surface area contributed by atoms with Crippen molar-refractivity contribution in [3.05, 3.63) is 60.2 Å². The minimum absolute atomic E-state index is 0.0298. The first kappa shape index (κ1) is 17.9. The summed E-state index contributed by atoms with van der Waals surface area (Å²) in [6, 6.07) is 15.1. The molecule has 0 radical (unpaired) electrons. The molecular weight excluding hydrogens is 366 g/mol. The van der Waals surface area contributed by atoms with Gasteiger partial charge in [-0.25, -0.2) is 0 Å². The number of allylic oxidation sites excluding steroid dienone is 2. The number of benzene rings is 2. The van der Waals surface area contributed by atoms with Crippen molar-refractivity contribution >= 4 is 17.7 Å². The van der Waals surface area contributed by atoms with E-state index in [1.54, 1.807) is 11.8 Å². The molecule has 1 N–H and O–H groups in total. The summed E-state index contributed by atoms with van der Waals surface area (Å²) in [4.78, 5) is 13.8. The Kier molecular flexibility index (Phi) is 4.67. The molecule has 1 fully saturated rings. The molecule has 0 aromatic heterocycles. The zero-order valence-corrected chi connectivity index (χ0v) is 16.9. The quantitative estimate of drug-likeness (QED) is 0.593. The lowest BCUT2D eigenvalue weighted by Gasteiger charge is -2.19. The number of ether oxygens (including phenoxy) is 1. The zero-order chi connectivity index (χ0) is 19.1. The molecule has 144 valence electrons. The number of amides is 1. The molecule has 1 amide bonds. The van der Waals surface area contributed by atoms with Crippen LogP contribution in [0.25, 0.3) is 11.1 Å². The van der Waals surface area contributed by atoms with Gasteiger partial charge in [0.25, 0.3) is 0 Å². The molecule has 4 heteroatoms. The Morgan fingerprint density at radius 2 is 1.93 bits per heavy atom. The van der Waals surface area contributed by atoms with Crippen LogP contribution >= 0.6 is 11.8 Å². The Morgan fingerprint density at radius 1 is 1.11 bits per heavy atom. The molecule has 3 aliphatic rings. The van der Waals surface area contributed by atoms with E-state index < -0.39 is 0 Å². The Labute approximate surface area is 170 Å². The second-order valence-electron chi connectivity index (χ2n) is 8.13. The first-order valence-electron chi connectivity index (χ1n) is 10.1. The van der Waals surface area contributed by atoms with Gasteiger partial charge in [-0.2, -0.15) is 0 Å². The van der Waals surface area contributed by atoms with Crippen molar-refractivity contribution in [2.24, 2.45) is 17.8 Å². The second kappa shape index (κ2) is 7.32. The number of carbonyl (C=O) groups is 1. The highest BCUT2D eigenvalue weighted by molar-refractivity contribution is 7.98. The van der Waals surface area contributed by atoms with E-state index in [1.807, 2.05) is 0 Å². The Bertz CT molecular complexity index is 921. The standard InChI is InChI=1S/C24H25NO2S/c1-28-21-7-4-16(5-8-21)17-6-9-23-19(12-17)13-20(27-23)14-25-24(26)22-11-15-2-3-18(22)10-15/h2-9,12,15,18,20,22H,10-11,13-14H2,1H3,(H,25,26)/t15-,18+,20?,22+/m1/s1. The van der Waals surface area contributed by atoms with Gasteiger partial charge in [-0.05, 0) is 71.9 Å². The predicted octanol–water partition coefficient (Wildman–Crippen LogP) is 4.71. The topological polar surface area (TPSA) is 38.3 Å². The van der Waals surface area contributed by atoms with E-state index >= 15 is 0 Å². The Morgan fingerprint density at radius 3 is 2.64 bits per heavy atom. The molecule has 1 unspecified atom stereocenters. The second-order valence-corrected chi connectivity index (χ2v) is 9.01. The number of rotatable bonds is 5. The van der Waals surface area contributed by atoms with Crippen LogP contribution in [0.1, 0.15) is 18.4 Å². The summed E-state index contributed by atoms with van der Waals surface area (Å²) in [5.74, 6) is 2.38. The molecule has 28 heavy (non-hydrogen) atoms. The molecule has 1 heterocycles. The minimum atomic E-state index is 0.0298. The summed E-state index contributed by atoms with van der Waals surface area (Å²) in [6.45, 7) is 0.586. The highest BCUT2D eigenvalue weighted by Gasteiger charge is 2.40. The van der Waals surface area contributed by atoms with Crippen LogP contribution in [0, 0.1) is 17.8 Å².